The first-order chi connectivity index (χ1) is 9.95. The first-order valence-electron chi connectivity index (χ1n) is 6.16. The van der Waals surface area contributed by atoms with Crippen LogP contribution in [0.15, 0.2) is 34.8 Å². The van der Waals surface area contributed by atoms with E-state index in [0.29, 0.717) is 16.8 Å². The van der Waals surface area contributed by atoms with E-state index in [9.17, 15) is 13.6 Å². The van der Waals surface area contributed by atoms with Crippen molar-refractivity contribution < 1.29 is 18.3 Å². The lowest BCUT2D eigenvalue weighted by molar-refractivity contribution is 0.103. The number of ketones is 1. The summed E-state index contributed by atoms with van der Waals surface area (Å²) in [6.07, 6.45) is 0. The van der Waals surface area contributed by atoms with E-state index in [1.54, 1.807) is 6.07 Å². The smallest absolute Gasteiger partial charge is 0.199 e. The van der Waals surface area contributed by atoms with Gasteiger partial charge >= 0.3 is 0 Å². The number of hydrogen-bond acceptors (Lipinski definition) is 3. The lowest BCUT2D eigenvalue weighted by Crippen LogP contribution is -2.10. The molecule has 3 nitrogen and oxygen atoms in total. The Hall–Kier alpha value is -1.95. The van der Waals surface area contributed by atoms with Crippen molar-refractivity contribution in [2.75, 3.05) is 12.3 Å². The minimum Gasteiger partial charge on any atom is -0.493 e. The number of rotatable bonds is 4. The second kappa shape index (κ2) is 6.22. The summed E-state index contributed by atoms with van der Waals surface area (Å²) in [5.41, 5.74) is 4.57. The molecule has 21 heavy (non-hydrogen) atoms. The number of benzene rings is 2. The van der Waals surface area contributed by atoms with Crippen LogP contribution in [0.5, 0.6) is 5.75 Å². The molecule has 0 saturated carbocycles. The molecule has 0 radical (unpaired) electrons. The molecule has 110 valence electrons. The summed E-state index contributed by atoms with van der Waals surface area (Å²) < 4.78 is 33.4. The molecular formula is C15H12BrF2NO2. The van der Waals surface area contributed by atoms with Crippen LogP contribution in [0.1, 0.15) is 22.8 Å². The van der Waals surface area contributed by atoms with Crippen LogP contribution in [-0.2, 0) is 0 Å². The zero-order valence-corrected chi connectivity index (χ0v) is 12.7. The predicted octanol–water partition coefficient (Wildman–Crippen LogP) is 3.94. The SMILES string of the molecule is CCOc1ccc(C(=O)c2c(F)ccc(N)c2F)cc1Br. The monoisotopic (exact) mass is 355 g/mol. The molecule has 0 aliphatic carbocycles. The van der Waals surface area contributed by atoms with Gasteiger partial charge in [0.1, 0.15) is 11.6 Å². The summed E-state index contributed by atoms with van der Waals surface area (Å²) in [6.45, 7) is 2.29. The highest BCUT2D eigenvalue weighted by atomic mass is 79.9. The first-order valence-corrected chi connectivity index (χ1v) is 6.95. The van der Waals surface area contributed by atoms with Crippen LogP contribution in [0, 0.1) is 11.6 Å². The molecule has 0 bridgehead atoms. The Balaban J connectivity index is 2.46. The lowest BCUT2D eigenvalue weighted by atomic mass is 10.0. The van der Waals surface area contributed by atoms with E-state index < -0.39 is 23.0 Å². The Morgan fingerprint density at radius 3 is 2.62 bits per heavy atom. The number of anilines is 1. The molecule has 0 saturated heterocycles. The van der Waals surface area contributed by atoms with Crippen LogP contribution in [0.2, 0.25) is 0 Å². The number of hydrogen-bond donors (Lipinski definition) is 1. The summed E-state index contributed by atoms with van der Waals surface area (Å²) in [5.74, 6) is -2.23. The molecule has 0 fully saturated rings. The van der Waals surface area contributed by atoms with Crippen molar-refractivity contribution in [1.29, 1.82) is 0 Å². The molecule has 2 N–H and O–H groups in total. The zero-order valence-electron chi connectivity index (χ0n) is 11.1. The van der Waals surface area contributed by atoms with Crippen molar-refractivity contribution in [2.24, 2.45) is 0 Å². The van der Waals surface area contributed by atoms with Crippen molar-refractivity contribution in [3.63, 3.8) is 0 Å². The average molecular weight is 356 g/mol. The minimum absolute atomic E-state index is 0.133. The number of carbonyl (C=O) groups is 1. The predicted molar refractivity (Wildman–Crippen MR) is 79.5 cm³/mol. The third-order valence-corrected chi connectivity index (χ3v) is 3.46. The number of ether oxygens (including phenoxy) is 1. The van der Waals surface area contributed by atoms with Gasteiger partial charge in [0.15, 0.2) is 11.6 Å². The van der Waals surface area contributed by atoms with Gasteiger partial charge < -0.3 is 10.5 Å². The topological polar surface area (TPSA) is 52.3 Å². The third kappa shape index (κ3) is 3.05. The minimum atomic E-state index is -1.05. The van der Waals surface area contributed by atoms with Gasteiger partial charge in [0.05, 0.1) is 22.3 Å². The standard InChI is InChI=1S/C15H12BrF2NO2/c1-2-21-12-6-3-8(7-9(12)16)15(20)13-10(17)4-5-11(19)14(13)18/h3-7H,2,19H2,1H3. The van der Waals surface area contributed by atoms with Gasteiger partial charge in [-0.15, -0.1) is 0 Å². The van der Waals surface area contributed by atoms with Crippen LogP contribution in [0.25, 0.3) is 0 Å². The van der Waals surface area contributed by atoms with Crippen molar-refractivity contribution in [3.8, 4) is 5.75 Å². The average Bonchev–Trinajstić information content (AvgIpc) is 2.45. The highest BCUT2D eigenvalue weighted by Gasteiger charge is 2.21. The Labute approximate surface area is 128 Å². The number of nitrogens with two attached hydrogens (primary N) is 1. The summed E-state index contributed by atoms with van der Waals surface area (Å²) in [4.78, 5) is 12.3. The molecule has 0 aliphatic rings. The van der Waals surface area contributed by atoms with Gasteiger partial charge in [0.2, 0.25) is 0 Å². The van der Waals surface area contributed by atoms with Gasteiger partial charge in [0, 0.05) is 5.56 Å². The number of carbonyl (C=O) groups excluding carboxylic acids is 1. The van der Waals surface area contributed by atoms with Crippen LogP contribution < -0.4 is 10.5 Å². The Bertz CT molecular complexity index is 704. The van der Waals surface area contributed by atoms with Crippen LogP contribution >= 0.6 is 15.9 Å². The molecule has 0 aliphatic heterocycles. The molecule has 0 spiro atoms. The number of halogens is 3. The maximum atomic E-state index is 13.9. The second-order valence-electron chi connectivity index (χ2n) is 4.23. The molecule has 0 aromatic heterocycles. The summed E-state index contributed by atoms with van der Waals surface area (Å²) in [7, 11) is 0. The Morgan fingerprint density at radius 2 is 2.00 bits per heavy atom. The largest absolute Gasteiger partial charge is 0.493 e. The first kappa shape index (κ1) is 15.4. The van der Waals surface area contributed by atoms with Gasteiger partial charge in [-0.05, 0) is 53.2 Å². The van der Waals surface area contributed by atoms with Gasteiger partial charge in [-0.3, -0.25) is 4.79 Å². The molecule has 2 aromatic rings. The van der Waals surface area contributed by atoms with Gasteiger partial charge in [-0.2, -0.15) is 0 Å². The highest BCUT2D eigenvalue weighted by Crippen LogP contribution is 2.28. The van der Waals surface area contributed by atoms with E-state index in [2.05, 4.69) is 15.9 Å². The van der Waals surface area contributed by atoms with Crippen molar-refractivity contribution in [1.82, 2.24) is 0 Å². The molecule has 0 atom stereocenters. The van der Waals surface area contributed by atoms with E-state index in [1.165, 1.54) is 12.1 Å². The molecule has 2 rings (SSSR count). The van der Waals surface area contributed by atoms with Crippen molar-refractivity contribution in [2.45, 2.75) is 6.92 Å². The second-order valence-corrected chi connectivity index (χ2v) is 5.09. The van der Waals surface area contributed by atoms with Crippen LogP contribution in [-0.4, -0.2) is 12.4 Å². The van der Waals surface area contributed by atoms with E-state index in [4.69, 9.17) is 10.5 Å². The Kier molecular flexibility index (Phi) is 4.57. The van der Waals surface area contributed by atoms with Crippen molar-refractivity contribution >= 4 is 27.4 Å². The fraction of sp³-hybridized carbons (Fsp3) is 0.133. The molecular weight excluding hydrogens is 344 g/mol. The van der Waals surface area contributed by atoms with E-state index in [1.807, 2.05) is 6.92 Å². The van der Waals surface area contributed by atoms with Gasteiger partial charge in [-0.1, -0.05) is 0 Å². The molecule has 6 heteroatoms. The van der Waals surface area contributed by atoms with Gasteiger partial charge in [-0.25, -0.2) is 8.78 Å². The summed E-state index contributed by atoms with van der Waals surface area (Å²) >= 11 is 3.25. The van der Waals surface area contributed by atoms with E-state index >= 15 is 0 Å². The third-order valence-electron chi connectivity index (χ3n) is 2.84. The van der Waals surface area contributed by atoms with Gasteiger partial charge in [0.25, 0.3) is 0 Å². The van der Waals surface area contributed by atoms with Crippen molar-refractivity contribution in [3.05, 3.63) is 57.6 Å². The highest BCUT2D eigenvalue weighted by molar-refractivity contribution is 9.10. The Morgan fingerprint density at radius 1 is 1.29 bits per heavy atom. The zero-order chi connectivity index (χ0) is 15.6. The maximum Gasteiger partial charge on any atom is 0.199 e. The summed E-state index contributed by atoms with van der Waals surface area (Å²) in [6, 6.07) is 6.50. The normalized spacial score (nSPS) is 10.5. The van der Waals surface area contributed by atoms with Crippen LogP contribution in [0.4, 0.5) is 14.5 Å². The quantitative estimate of drug-likeness (QED) is 0.667. The maximum absolute atomic E-state index is 13.9. The molecule has 2 aromatic carbocycles. The molecule has 0 unspecified atom stereocenters. The fourth-order valence-corrected chi connectivity index (χ4v) is 2.33. The molecule has 0 heterocycles. The lowest BCUT2D eigenvalue weighted by Gasteiger charge is -2.09. The number of nitrogen functional groups attached to an aromatic ring is 1. The molecule has 0 amide bonds. The summed E-state index contributed by atoms with van der Waals surface area (Å²) in [5, 5.41) is 0. The van der Waals surface area contributed by atoms with E-state index in [-0.39, 0.29) is 11.3 Å². The fourth-order valence-electron chi connectivity index (χ4n) is 1.84. The van der Waals surface area contributed by atoms with Crippen LogP contribution in [0.3, 0.4) is 0 Å². The van der Waals surface area contributed by atoms with E-state index in [0.717, 1.165) is 12.1 Å².